The van der Waals surface area contributed by atoms with Crippen molar-refractivity contribution in [1.29, 1.82) is 0 Å². The minimum absolute atomic E-state index is 0.156. The third-order valence-corrected chi connectivity index (χ3v) is 3.44. The van der Waals surface area contributed by atoms with Crippen LogP contribution in [0.1, 0.15) is 11.1 Å². The number of benzene rings is 1. The fraction of sp³-hybridized carbons (Fsp3) is 0.0556. The maximum Gasteiger partial charge on any atom is 0.248 e. The molecule has 23 heavy (non-hydrogen) atoms. The van der Waals surface area contributed by atoms with Gasteiger partial charge in [-0.2, -0.15) is 0 Å². The number of nitrogens with one attached hydrogen (secondary N) is 1. The summed E-state index contributed by atoms with van der Waals surface area (Å²) < 4.78 is 0. The Morgan fingerprint density at radius 3 is 2.91 bits per heavy atom. The lowest BCUT2D eigenvalue weighted by molar-refractivity contribution is -0.111. The molecule has 5 heteroatoms. The summed E-state index contributed by atoms with van der Waals surface area (Å²) in [6, 6.07) is 11.3. The Hall–Kier alpha value is -3.05. The SMILES string of the molecule is O=C(/C=C/c1ccnc2ccccc12)Nc1cnccc1CO. The van der Waals surface area contributed by atoms with E-state index in [4.69, 9.17) is 0 Å². The number of hydrogen-bond donors (Lipinski definition) is 2. The molecule has 0 atom stereocenters. The van der Waals surface area contributed by atoms with Gasteiger partial charge in [-0.1, -0.05) is 18.2 Å². The summed E-state index contributed by atoms with van der Waals surface area (Å²) in [6.45, 7) is -0.156. The van der Waals surface area contributed by atoms with Crippen LogP contribution in [0.5, 0.6) is 0 Å². The molecular formula is C18H15N3O2. The number of pyridine rings is 2. The van der Waals surface area contributed by atoms with Crippen molar-refractivity contribution in [2.24, 2.45) is 0 Å². The Morgan fingerprint density at radius 2 is 2.04 bits per heavy atom. The molecule has 0 aliphatic rings. The van der Waals surface area contributed by atoms with Crippen LogP contribution in [0.25, 0.3) is 17.0 Å². The van der Waals surface area contributed by atoms with Crippen molar-refractivity contribution in [1.82, 2.24) is 9.97 Å². The third-order valence-electron chi connectivity index (χ3n) is 3.44. The molecular weight excluding hydrogens is 290 g/mol. The van der Waals surface area contributed by atoms with Gasteiger partial charge in [0.1, 0.15) is 0 Å². The number of para-hydroxylation sites is 1. The fourth-order valence-corrected chi connectivity index (χ4v) is 2.28. The Kier molecular flexibility index (Phi) is 4.40. The van der Waals surface area contributed by atoms with E-state index in [1.165, 1.54) is 12.3 Å². The molecule has 0 aliphatic carbocycles. The Bertz CT molecular complexity index is 870. The Morgan fingerprint density at radius 1 is 1.17 bits per heavy atom. The van der Waals surface area contributed by atoms with Crippen LogP contribution in [-0.4, -0.2) is 21.0 Å². The van der Waals surface area contributed by atoms with E-state index in [2.05, 4.69) is 15.3 Å². The first-order valence-electron chi connectivity index (χ1n) is 7.14. The van der Waals surface area contributed by atoms with E-state index in [-0.39, 0.29) is 12.5 Å². The van der Waals surface area contributed by atoms with Gasteiger partial charge in [0.2, 0.25) is 5.91 Å². The topological polar surface area (TPSA) is 75.1 Å². The van der Waals surface area contributed by atoms with Crippen LogP contribution in [0, 0.1) is 0 Å². The fourth-order valence-electron chi connectivity index (χ4n) is 2.28. The summed E-state index contributed by atoms with van der Waals surface area (Å²) in [5.41, 5.74) is 2.92. The monoisotopic (exact) mass is 305 g/mol. The smallest absolute Gasteiger partial charge is 0.248 e. The van der Waals surface area contributed by atoms with Crippen LogP contribution in [0.3, 0.4) is 0 Å². The van der Waals surface area contributed by atoms with E-state index in [0.29, 0.717) is 11.3 Å². The molecule has 3 rings (SSSR count). The zero-order valence-corrected chi connectivity index (χ0v) is 12.3. The highest BCUT2D eigenvalue weighted by molar-refractivity contribution is 6.03. The number of carbonyl (C=O) groups is 1. The minimum Gasteiger partial charge on any atom is -0.392 e. The van der Waals surface area contributed by atoms with Crippen LogP contribution in [0.4, 0.5) is 5.69 Å². The molecule has 5 nitrogen and oxygen atoms in total. The first-order valence-corrected chi connectivity index (χ1v) is 7.14. The lowest BCUT2D eigenvalue weighted by Gasteiger charge is -2.06. The number of aliphatic hydroxyl groups excluding tert-OH is 1. The van der Waals surface area contributed by atoms with Crippen molar-refractivity contribution < 1.29 is 9.90 Å². The second-order valence-corrected chi connectivity index (χ2v) is 4.93. The second-order valence-electron chi connectivity index (χ2n) is 4.93. The first-order chi connectivity index (χ1) is 11.3. The molecule has 0 saturated heterocycles. The highest BCUT2D eigenvalue weighted by atomic mass is 16.3. The van der Waals surface area contributed by atoms with Gasteiger partial charge in [-0.3, -0.25) is 14.8 Å². The number of rotatable bonds is 4. The summed E-state index contributed by atoms with van der Waals surface area (Å²) in [4.78, 5) is 20.3. The molecule has 0 aliphatic heterocycles. The van der Waals surface area contributed by atoms with Crippen molar-refractivity contribution in [2.75, 3.05) is 5.32 Å². The molecule has 2 aromatic heterocycles. The molecule has 0 saturated carbocycles. The lowest BCUT2D eigenvalue weighted by atomic mass is 10.1. The van der Waals surface area contributed by atoms with Gasteiger partial charge in [0.15, 0.2) is 0 Å². The largest absolute Gasteiger partial charge is 0.392 e. The molecule has 2 N–H and O–H groups in total. The van der Waals surface area contributed by atoms with Crippen molar-refractivity contribution in [2.45, 2.75) is 6.61 Å². The number of aliphatic hydroxyl groups is 1. The molecule has 0 radical (unpaired) electrons. The number of nitrogens with zero attached hydrogens (tertiary/aromatic N) is 2. The van der Waals surface area contributed by atoms with Crippen LogP contribution in [0.15, 0.2) is 61.1 Å². The number of aromatic nitrogens is 2. The number of carbonyl (C=O) groups excluding carboxylic acids is 1. The molecule has 0 spiro atoms. The predicted molar refractivity (Wildman–Crippen MR) is 89.6 cm³/mol. The average molecular weight is 305 g/mol. The Balaban J connectivity index is 1.80. The number of fused-ring (bicyclic) bond motifs is 1. The van der Waals surface area contributed by atoms with Crippen molar-refractivity contribution in [3.8, 4) is 0 Å². The van der Waals surface area contributed by atoms with Gasteiger partial charge < -0.3 is 10.4 Å². The van der Waals surface area contributed by atoms with Crippen LogP contribution in [0.2, 0.25) is 0 Å². The standard InChI is InChI=1S/C18H15N3O2/c22-12-14-7-9-19-11-17(14)21-18(23)6-5-13-8-10-20-16-4-2-1-3-15(13)16/h1-11,22H,12H2,(H,21,23)/b6-5+. The van der Waals surface area contributed by atoms with E-state index in [1.54, 1.807) is 24.5 Å². The summed E-state index contributed by atoms with van der Waals surface area (Å²) in [7, 11) is 0. The molecule has 114 valence electrons. The Labute approximate surface area is 133 Å². The summed E-state index contributed by atoms with van der Waals surface area (Å²) in [5.74, 6) is -0.284. The molecule has 0 fully saturated rings. The van der Waals surface area contributed by atoms with E-state index in [1.807, 2.05) is 30.3 Å². The summed E-state index contributed by atoms with van der Waals surface area (Å²) in [6.07, 6.45) is 7.99. The zero-order valence-electron chi connectivity index (χ0n) is 12.3. The van der Waals surface area contributed by atoms with E-state index in [9.17, 15) is 9.90 Å². The third kappa shape index (κ3) is 3.41. The molecule has 3 aromatic rings. The molecule has 1 aromatic carbocycles. The van der Waals surface area contributed by atoms with Gasteiger partial charge in [-0.05, 0) is 29.8 Å². The number of anilines is 1. The highest BCUT2D eigenvalue weighted by Crippen LogP contribution is 2.18. The van der Waals surface area contributed by atoms with E-state index < -0.39 is 0 Å². The van der Waals surface area contributed by atoms with Crippen LogP contribution < -0.4 is 5.32 Å². The quantitative estimate of drug-likeness (QED) is 0.727. The molecule has 0 bridgehead atoms. The minimum atomic E-state index is -0.284. The van der Waals surface area contributed by atoms with E-state index in [0.717, 1.165) is 16.5 Å². The molecule has 1 amide bonds. The first kappa shape index (κ1) is 14.9. The molecule has 0 unspecified atom stereocenters. The van der Waals surface area contributed by atoms with Crippen molar-refractivity contribution in [3.05, 3.63) is 72.2 Å². The zero-order chi connectivity index (χ0) is 16.1. The normalized spacial score (nSPS) is 11.0. The highest BCUT2D eigenvalue weighted by Gasteiger charge is 2.04. The number of hydrogen-bond acceptors (Lipinski definition) is 4. The van der Waals surface area contributed by atoms with Crippen molar-refractivity contribution in [3.63, 3.8) is 0 Å². The summed E-state index contributed by atoms with van der Waals surface area (Å²) in [5, 5.41) is 13.0. The average Bonchev–Trinajstić information content (AvgIpc) is 2.60. The second kappa shape index (κ2) is 6.81. The van der Waals surface area contributed by atoms with Gasteiger partial charge in [0.05, 0.1) is 24.0 Å². The van der Waals surface area contributed by atoms with Crippen LogP contribution >= 0.6 is 0 Å². The van der Waals surface area contributed by atoms with Crippen LogP contribution in [-0.2, 0) is 11.4 Å². The lowest BCUT2D eigenvalue weighted by Crippen LogP contribution is -2.10. The van der Waals surface area contributed by atoms with Gasteiger partial charge in [0, 0.05) is 29.4 Å². The predicted octanol–water partition coefficient (Wildman–Crippen LogP) is 2.77. The van der Waals surface area contributed by atoms with E-state index >= 15 is 0 Å². The van der Waals surface area contributed by atoms with Crippen molar-refractivity contribution >= 4 is 28.6 Å². The van der Waals surface area contributed by atoms with Gasteiger partial charge in [0.25, 0.3) is 0 Å². The van der Waals surface area contributed by atoms with Gasteiger partial charge in [-0.25, -0.2) is 0 Å². The summed E-state index contributed by atoms with van der Waals surface area (Å²) >= 11 is 0. The number of amides is 1. The van der Waals surface area contributed by atoms with Gasteiger partial charge in [-0.15, -0.1) is 0 Å². The van der Waals surface area contributed by atoms with Gasteiger partial charge >= 0.3 is 0 Å². The maximum atomic E-state index is 12.1. The molecule has 2 heterocycles. The maximum absolute atomic E-state index is 12.1.